The van der Waals surface area contributed by atoms with E-state index in [4.69, 9.17) is 4.74 Å². The summed E-state index contributed by atoms with van der Waals surface area (Å²) in [5.41, 5.74) is 0.226. The molecular weight excluding hydrogens is 204 g/mol. The van der Waals surface area contributed by atoms with E-state index in [2.05, 4.69) is 23.6 Å². The Morgan fingerprint density at radius 3 is 2.44 bits per heavy atom. The van der Waals surface area contributed by atoms with Crippen LogP contribution in [-0.4, -0.2) is 19.2 Å². The standard InChI is InChI=1S/C12H22N2O2/c1-9(2)16-11(15)14-10(13-4)8-12(3)6-5-7-12/h8-9,13H,5-7H2,1-4H3,(H,14,15)/b10-8-. The molecule has 0 radical (unpaired) electrons. The molecule has 0 aromatic carbocycles. The maximum atomic E-state index is 11.4. The second-order valence-corrected chi connectivity index (χ2v) is 4.89. The number of carbonyl (C=O) groups is 1. The molecule has 4 nitrogen and oxygen atoms in total. The Morgan fingerprint density at radius 2 is 2.06 bits per heavy atom. The number of nitrogens with one attached hydrogen (secondary N) is 2. The van der Waals surface area contributed by atoms with E-state index in [1.807, 2.05) is 13.8 Å². The van der Waals surface area contributed by atoms with Crippen LogP contribution in [0.3, 0.4) is 0 Å². The number of ether oxygens (including phenoxy) is 1. The summed E-state index contributed by atoms with van der Waals surface area (Å²) in [6.45, 7) is 5.86. The molecule has 0 aromatic heterocycles. The molecule has 0 aromatic rings. The van der Waals surface area contributed by atoms with Crippen LogP contribution in [0.1, 0.15) is 40.0 Å². The van der Waals surface area contributed by atoms with Crippen molar-refractivity contribution in [2.45, 2.75) is 46.1 Å². The van der Waals surface area contributed by atoms with E-state index in [-0.39, 0.29) is 11.5 Å². The number of amides is 1. The third kappa shape index (κ3) is 3.76. The van der Waals surface area contributed by atoms with Crippen LogP contribution in [0.4, 0.5) is 4.79 Å². The summed E-state index contributed by atoms with van der Waals surface area (Å²) in [5.74, 6) is 0.729. The topological polar surface area (TPSA) is 50.4 Å². The summed E-state index contributed by atoms with van der Waals surface area (Å²) in [5, 5.41) is 5.69. The lowest BCUT2D eigenvalue weighted by Gasteiger charge is -2.36. The van der Waals surface area contributed by atoms with Gasteiger partial charge >= 0.3 is 6.09 Å². The van der Waals surface area contributed by atoms with Gasteiger partial charge in [-0.2, -0.15) is 0 Å². The van der Waals surface area contributed by atoms with Gasteiger partial charge in [0.15, 0.2) is 0 Å². The number of hydrogen-bond donors (Lipinski definition) is 2. The third-order valence-corrected chi connectivity index (χ3v) is 2.84. The highest BCUT2D eigenvalue weighted by molar-refractivity contribution is 5.69. The molecule has 1 aliphatic rings. The number of rotatable bonds is 4. The highest BCUT2D eigenvalue weighted by Gasteiger charge is 2.30. The smallest absolute Gasteiger partial charge is 0.412 e. The molecule has 0 bridgehead atoms. The Hall–Kier alpha value is -1.19. The van der Waals surface area contributed by atoms with Gasteiger partial charge in [-0.25, -0.2) is 4.79 Å². The van der Waals surface area contributed by atoms with Gasteiger partial charge in [0.1, 0.15) is 5.82 Å². The van der Waals surface area contributed by atoms with Gasteiger partial charge < -0.3 is 10.1 Å². The fraction of sp³-hybridized carbons (Fsp3) is 0.750. The van der Waals surface area contributed by atoms with E-state index in [9.17, 15) is 4.79 Å². The molecule has 92 valence electrons. The first kappa shape index (κ1) is 12.9. The Labute approximate surface area is 97.4 Å². The molecule has 2 N–H and O–H groups in total. The second-order valence-electron chi connectivity index (χ2n) is 4.89. The number of allylic oxidation sites excluding steroid dienone is 1. The number of hydrogen-bond acceptors (Lipinski definition) is 3. The first-order valence-electron chi connectivity index (χ1n) is 5.83. The zero-order valence-corrected chi connectivity index (χ0v) is 10.6. The minimum atomic E-state index is -0.404. The van der Waals surface area contributed by atoms with Gasteiger partial charge in [0, 0.05) is 7.05 Å². The van der Waals surface area contributed by atoms with E-state index in [1.165, 1.54) is 19.3 Å². The van der Waals surface area contributed by atoms with E-state index in [0.29, 0.717) is 0 Å². The fourth-order valence-electron chi connectivity index (χ4n) is 1.75. The number of alkyl carbamates (subject to hydrolysis) is 1. The zero-order chi connectivity index (χ0) is 12.2. The highest BCUT2D eigenvalue weighted by atomic mass is 16.6. The van der Waals surface area contributed by atoms with Gasteiger partial charge in [0.25, 0.3) is 0 Å². The van der Waals surface area contributed by atoms with Gasteiger partial charge in [0.2, 0.25) is 0 Å². The van der Waals surface area contributed by atoms with Crippen LogP contribution in [0, 0.1) is 5.41 Å². The molecule has 1 rings (SSSR count). The summed E-state index contributed by atoms with van der Waals surface area (Å²) >= 11 is 0. The van der Waals surface area contributed by atoms with Crippen molar-refractivity contribution in [2.75, 3.05) is 7.05 Å². The van der Waals surface area contributed by atoms with Crippen LogP contribution in [0.5, 0.6) is 0 Å². The normalized spacial score (nSPS) is 18.9. The molecule has 1 fully saturated rings. The average molecular weight is 226 g/mol. The molecule has 1 saturated carbocycles. The van der Waals surface area contributed by atoms with Crippen LogP contribution in [0.25, 0.3) is 0 Å². The summed E-state index contributed by atoms with van der Waals surface area (Å²) in [4.78, 5) is 11.4. The fourth-order valence-corrected chi connectivity index (χ4v) is 1.75. The Bertz CT molecular complexity index is 281. The Kier molecular flexibility index (Phi) is 4.21. The first-order valence-corrected chi connectivity index (χ1v) is 5.83. The molecule has 1 amide bonds. The average Bonchev–Trinajstić information content (AvgIpc) is 2.12. The summed E-state index contributed by atoms with van der Waals surface area (Å²) < 4.78 is 5.02. The van der Waals surface area contributed by atoms with Crippen molar-refractivity contribution in [3.8, 4) is 0 Å². The molecule has 0 spiro atoms. The van der Waals surface area contributed by atoms with Gasteiger partial charge in [-0.05, 0) is 38.2 Å². The lowest BCUT2D eigenvalue weighted by molar-refractivity contribution is 0.117. The minimum absolute atomic E-state index is 0.0996. The predicted molar refractivity (Wildman–Crippen MR) is 63.9 cm³/mol. The lowest BCUT2D eigenvalue weighted by Crippen LogP contribution is -2.34. The summed E-state index contributed by atoms with van der Waals surface area (Å²) in [6.07, 6.45) is 5.20. The predicted octanol–water partition coefficient (Wildman–Crippen LogP) is 2.37. The zero-order valence-electron chi connectivity index (χ0n) is 10.6. The maximum Gasteiger partial charge on any atom is 0.412 e. The van der Waals surface area contributed by atoms with Gasteiger partial charge in [-0.1, -0.05) is 13.3 Å². The number of carbonyl (C=O) groups excluding carboxylic acids is 1. The highest BCUT2D eigenvalue weighted by Crippen LogP contribution is 2.41. The van der Waals surface area contributed by atoms with E-state index < -0.39 is 6.09 Å². The van der Waals surface area contributed by atoms with Crippen LogP contribution >= 0.6 is 0 Å². The molecule has 0 heterocycles. The van der Waals surface area contributed by atoms with Crippen molar-refractivity contribution in [1.29, 1.82) is 0 Å². The van der Waals surface area contributed by atoms with Crippen molar-refractivity contribution in [3.63, 3.8) is 0 Å². The summed E-state index contributed by atoms with van der Waals surface area (Å²) in [6, 6.07) is 0. The van der Waals surface area contributed by atoms with Crippen molar-refractivity contribution in [3.05, 3.63) is 11.9 Å². The first-order chi connectivity index (χ1) is 7.45. The van der Waals surface area contributed by atoms with Crippen LogP contribution in [-0.2, 0) is 4.74 Å². The Balaban J connectivity index is 2.51. The molecule has 0 saturated heterocycles. The SMILES string of the molecule is CN/C(=C/C1(C)CCC1)NC(=O)OC(C)C. The molecule has 16 heavy (non-hydrogen) atoms. The molecule has 0 aliphatic heterocycles. The van der Waals surface area contributed by atoms with Crippen molar-refractivity contribution >= 4 is 6.09 Å². The van der Waals surface area contributed by atoms with Gasteiger partial charge in [-0.15, -0.1) is 0 Å². The molecule has 1 aliphatic carbocycles. The second kappa shape index (κ2) is 5.23. The van der Waals surface area contributed by atoms with Crippen LogP contribution < -0.4 is 10.6 Å². The molecule has 4 heteroatoms. The summed E-state index contributed by atoms with van der Waals surface area (Å²) in [7, 11) is 1.80. The van der Waals surface area contributed by atoms with Crippen molar-refractivity contribution in [1.82, 2.24) is 10.6 Å². The molecule has 0 atom stereocenters. The third-order valence-electron chi connectivity index (χ3n) is 2.84. The molecule has 0 unspecified atom stereocenters. The Morgan fingerprint density at radius 1 is 1.44 bits per heavy atom. The van der Waals surface area contributed by atoms with E-state index in [1.54, 1.807) is 7.05 Å². The largest absolute Gasteiger partial charge is 0.447 e. The van der Waals surface area contributed by atoms with Gasteiger partial charge in [-0.3, -0.25) is 5.32 Å². The minimum Gasteiger partial charge on any atom is -0.447 e. The van der Waals surface area contributed by atoms with E-state index in [0.717, 1.165) is 5.82 Å². The monoisotopic (exact) mass is 226 g/mol. The lowest BCUT2D eigenvalue weighted by atomic mass is 9.70. The van der Waals surface area contributed by atoms with Crippen LogP contribution in [0.15, 0.2) is 11.9 Å². The maximum absolute atomic E-state index is 11.4. The van der Waals surface area contributed by atoms with Gasteiger partial charge in [0.05, 0.1) is 6.10 Å². The molecular formula is C12H22N2O2. The van der Waals surface area contributed by atoms with Crippen molar-refractivity contribution in [2.24, 2.45) is 5.41 Å². The quantitative estimate of drug-likeness (QED) is 0.773. The van der Waals surface area contributed by atoms with E-state index >= 15 is 0 Å². The van der Waals surface area contributed by atoms with Crippen LogP contribution in [0.2, 0.25) is 0 Å². The van der Waals surface area contributed by atoms with Crippen molar-refractivity contribution < 1.29 is 9.53 Å².